The SMILES string of the molecule is Cc1cc(C)cc(C(=O)Nc2ccc(C(=O)N3CCC(C(=O)O)CC3)cc2)c1. The second kappa shape index (κ2) is 8.25. The summed E-state index contributed by atoms with van der Waals surface area (Å²) in [4.78, 5) is 37.7. The van der Waals surface area contributed by atoms with Crippen LogP contribution in [0.1, 0.15) is 44.7 Å². The number of carboxylic acid groups (broad SMARTS) is 1. The average Bonchev–Trinajstić information content (AvgIpc) is 2.67. The van der Waals surface area contributed by atoms with Gasteiger partial charge in [-0.3, -0.25) is 14.4 Å². The van der Waals surface area contributed by atoms with Crippen LogP contribution in [0.25, 0.3) is 0 Å². The summed E-state index contributed by atoms with van der Waals surface area (Å²) < 4.78 is 0. The van der Waals surface area contributed by atoms with E-state index in [4.69, 9.17) is 5.11 Å². The Labute approximate surface area is 164 Å². The third kappa shape index (κ3) is 4.57. The van der Waals surface area contributed by atoms with Crippen LogP contribution in [-0.4, -0.2) is 40.9 Å². The van der Waals surface area contributed by atoms with Gasteiger partial charge in [0.05, 0.1) is 5.92 Å². The molecule has 0 atom stereocenters. The predicted octanol–water partition coefficient (Wildman–Crippen LogP) is 3.49. The molecule has 3 rings (SSSR count). The van der Waals surface area contributed by atoms with Gasteiger partial charge in [0, 0.05) is 29.9 Å². The minimum Gasteiger partial charge on any atom is -0.481 e. The van der Waals surface area contributed by atoms with Crippen molar-refractivity contribution < 1.29 is 19.5 Å². The maximum atomic E-state index is 12.6. The van der Waals surface area contributed by atoms with Crippen molar-refractivity contribution in [2.24, 2.45) is 5.92 Å². The van der Waals surface area contributed by atoms with Gasteiger partial charge in [-0.2, -0.15) is 0 Å². The summed E-state index contributed by atoms with van der Waals surface area (Å²) in [6.45, 7) is 4.79. The second-order valence-electron chi connectivity index (χ2n) is 7.31. The van der Waals surface area contributed by atoms with Crippen molar-refractivity contribution in [3.63, 3.8) is 0 Å². The van der Waals surface area contributed by atoms with Crippen LogP contribution in [0.5, 0.6) is 0 Å². The first-order valence-corrected chi connectivity index (χ1v) is 9.35. The number of benzene rings is 2. The van der Waals surface area contributed by atoms with E-state index in [-0.39, 0.29) is 17.7 Å². The molecule has 2 amide bonds. The number of anilines is 1. The van der Waals surface area contributed by atoms with Crippen LogP contribution >= 0.6 is 0 Å². The number of nitrogens with one attached hydrogen (secondary N) is 1. The number of hydrogen-bond donors (Lipinski definition) is 2. The lowest BCUT2D eigenvalue weighted by molar-refractivity contribution is -0.143. The number of aryl methyl sites for hydroxylation is 2. The van der Waals surface area contributed by atoms with Gasteiger partial charge in [0.1, 0.15) is 0 Å². The molecular formula is C22H24N2O4. The van der Waals surface area contributed by atoms with Gasteiger partial charge in [-0.25, -0.2) is 0 Å². The Morgan fingerprint density at radius 2 is 1.50 bits per heavy atom. The first-order chi connectivity index (χ1) is 13.3. The predicted molar refractivity (Wildman–Crippen MR) is 107 cm³/mol. The highest BCUT2D eigenvalue weighted by Gasteiger charge is 2.27. The molecule has 0 unspecified atom stereocenters. The van der Waals surface area contributed by atoms with E-state index in [1.54, 1.807) is 29.2 Å². The highest BCUT2D eigenvalue weighted by atomic mass is 16.4. The topological polar surface area (TPSA) is 86.7 Å². The van der Waals surface area contributed by atoms with Gasteiger partial charge in [0.15, 0.2) is 0 Å². The molecule has 1 aliphatic rings. The molecule has 1 heterocycles. The number of amides is 2. The van der Waals surface area contributed by atoms with Crippen LogP contribution in [0.2, 0.25) is 0 Å². The normalized spacial score (nSPS) is 14.6. The fourth-order valence-electron chi connectivity index (χ4n) is 3.52. The summed E-state index contributed by atoms with van der Waals surface area (Å²) in [5, 5.41) is 11.9. The Bertz CT molecular complexity index is 877. The van der Waals surface area contributed by atoms with Gasteiger partial charge < -0.3 is 15.3 Å². The summed E-state index contributed by atoms with van der Waals surface area (Å²) in [6, 6.07) is 12.5. The summed E-state index contributed by atoms with van der Waals surface area (Å²) in [5.74, 6) is -1.47. The maximum absolute atomic E-state index is 12.6. The lowest BCUT2D eigenvalue weighted by Gasteiger charge is -2.30. The number of rotatable bonds is 4. The molecule has 0 bridgehead atoms. The minimum atomic E-state index is -0.795. The molecule has 28 heavy (non-hydrogen) atoms. The van der Waals surface area contributed by atoms with Crippen LogP contribution in [0, 0.1) is 19.8 Å². The smallest absolute Gasteiger partial charge is 0.306 e. The van der Waals surface area contributed by atoms with Crippen molar-refractivity contribution in [1.29, 1.82) is 0 Å². The molecule has 146 valence electrons. The first kappa shape index (κ1) is 19.6. The van der Waals surface area contributed by atoms with E-state index >= 15 is 0 Å². The van der Waals surface area contributed by atoms with Gasteiger partial charge in [-0.05, 0) is 63.1 Å². The molecule has 2 aromatic carbocycles. The monoisotopic (exact) mass is 380 g/mol. The standard InChI is InChI=1S/C22H24N2O4/c1-14-11-15(2)13-18(12-14)20(25)23-19-5-3-16(4-6-19)21(26)24-9-7-17(8-10-24)22(27)28/h3-6,11-13,17H,7-10H2,1-2H3,(H,23,25)(H,27,28). The number of carbonyl (C=O) groups is 3. The van der Waals surface area contributed by atoms with E-state index in [2.05, 4.69) is 5.32 Å². The molecule has 1 saturated heterocycles. The van der Waals surface area contributed by atoms with Crippen molar-refractivity contribution in [1.82, 2.24) is 4.90 Å². The number of likely N-dealkylation sites (tertiary alicyclic amines) is 1. The van der Waals surface area contributed by atoms with Gasteiger partial charge in [0.2, 0.25) is 0 Å². The summed E-state index contributed by atoms with van der Waals surface area (Å²) in [6.07, 6.45) is 0.955. The fourth-order valence-corrected chi connectivity index (χ4v) is 3.52. The van der Waals surface area contributed by atoms with E-state index in [1.807, 2.05) is 32.0 Å². The molecule has 1 fully saturated rings. The Morgan fingerprint density at radius 1 is 0.929 bits per heavy atom. The third-order valence-corrected chi connectivity index (χ3v) is 5.01. The number of carboxylic acids is 1. The summed E-state index contributed by atoms with van der Waals surface area (Å²) in [7, 11) is 0. The van der Waals surface area contributed by atoms with Gasteiger partial charge >= 0.3 is 5.97 Å². The Balaban J connectivity index is 1.62. The summed E-state index contributed by atoms with van der Waals surface area (Å²) in [5.41, 5.74) is 3.79. The lowest BCUT2D eigenvalue weighted by atomic mass is 9.96. The second-order valence-corrected chi connectivity index (χ2v) is 7.31. The van der Waals surface area contributed by atoms with Crippen molar-refractivity contribution in [3.05, 3.63) is 64.7 Å². The van der Waals surface area contributed by atoms with Crippen LogP contribution in [0.4, 0.5) is 5.69 Å². The molecule has 2 N–H and O–H groups in total. The number of piperidine rings is 1. The molecule has 0 spiro atoms. The quantitative estimate of drug-likeness (QED) is 0.850. The van der Waals surface area contributed by atoms with E-state index in [9.17, 15) is 14.4 Å². The Kier molecular flexibility index (Phi) is 5.78. The highest BCUT2D eigenvalue weighted by molar-refractivity contribution is 6.04. The third-order valence-electron chi connectivity index (χ3n) is 5.01. The molecule has 0 radical (unpaired) electrons. The molecular weight excluding hydrogens is 356 g/mol. The van der Waals surface area contributed by atoms with Crippen molar-refractivity contribution in [3.8, 4) is 0 Å². The van der Waals surface area contributed by atoms with Crippen LogP contribution < -0.4 is 5.32 Å². The molecule has 0 saturated carbocycles. The number of hydrogen-bond acceptors (Lipinski definition) is 3. The van der Waals surface area contributed by atoms with E-state index in [1.165, 1.54) is 0 Å². The zero-order chi connectivity index (χ0) is 20.3. The van der Waals surface area contributed by atoms with E-state index < -0.39 is 5.97 Å². The average molecular weight is 380 g/mol. The van der Waals surface area contributed by atoms with Crippen LogP contribution in [0.3, 0.4) is 0 Å². The molecule has 0 aromatic heterocycles. The number of aliphatic carboxylic acids is 1. The zero-order valence-electron chi connectivity index (χ0n) is 16.1. The number of nitrogens with zero attached hydrogens (tertiary/aromatic N) is 1. The van der Waals surface area contributed by atoms with Crippen LogP contribution in [-0.2, 0) is 4.79 Å². The lowest BCUT2D eigenvalue weighted by Crippen LogP contribution is -2.40. The highest BCUT2D eigenvalue weighted by Crippen LogP contribution is 2.20. The fraction of sp³-hybridized carbons (Fsp3) is 0.318. The van der Waals surface area contributed by atoms with Crippen molar-refractivity contribution in [2.45, 2.75) is 26.7 Å². The number of carbonyl (C=O) groups excluding carboxylic acids is 2. The largest absolute Gasteiger partial charge is 0.481 e. The van der Waals surface area contributed by atoms with Crippen molar-refractivity contribution >= 4 is 23.5 Å². The molecule has 1 aliphatic heterocycles. The van der Waals surface area contributed by atoms with Crippen molar-refractivity contribution in [2.75, 3.05) is 18.4 Å². The first-order valence-electron chi connectivity index (χ1n) is 9.35. The molecule has 0 aliphatic carbocycles. The van der Waals surface area contributed by atoms with E-state index in [0.29, 0.717) is 42.7 Å². The molecule has 6 heteroatoms. The van der Waals surface area contributed by atoms with Gasteiger partial charge in [-0.15, -0.1) is 0 Å². The Hall–Kier alpha value is -3.15. The minimum absolute atomic E-state index is 0.115. The van der Waals surface area contributed by atoms with Gasteiger partial charge in [0.25, 0.3) is 11.8 Å². The Morgan fingerprint density at radius 3 is 2.04 bits per heavy atom. The van der Waals surface area contributed by atoms with E-state index in [0.717, 1.165) is 11.1 Å². The maximum Gasteiger partial charge on any atom is 0.306 e. The zero-order valence-corrected chi connectivity index (χ0v) is 16.1. The van der Waals surface area contributed by atoms with Gasteiger partial charge in [-0.1, -0.05) is 17.2 Å². The molecule has 6 nitrogen and oxygen atoms in total. The molecule has 2 aromatic rings. The summed E-state index contributed by atoms with van der Waals surface area (Å²) >= 11 is 0. The van der Waals surface area contributed by atoms with Crippen LogP contribution in [0.15, 0.2) is 42.5 Å².